The molecule has 4 rings (SSSR count). The summed E-state index contributed by atoms with van der Waals surface area (Å²) >= 11 is 0. The molecule has 2 aliphatic carbocycles. The monoisotopic (exact) mass is 483 g/mol. The van der Waals surface area contributed by atoms with Crippen LogP contribution in [-0.2, 0) is 19.2 Å². The van der Waals surface area contributed by atoms with Gasteiger partial charge in [-0.05, 0) is 50.3 Å². The third-order valence-electron chi connectivity index (χ3n) is 6.59. The number of hydrogen-bond acceptors (Lipinski definition) is 7. The van der Waals surface area contributed by atoms with Gasteiger partial charge in [-0.15, -0.1) is 0 Å². The van der Waals surface area contributed by atoms with E-state index in [-0.39, 0.29) is 30.3 Å². The van der Waals surface area contributed by atoms with Crippen LogP contribution in [-0.4, -0.2) is 58.4 Å². The van der Waals surface area contributed by atoms with Crippen molar-refractivity contribution in [2.75, 3.05) is 19.8 Å². The van der Waals surface area contributed by atoms with E-state index in [9.17, 15) is 24.3 Å². The van der Waals surface area contributed by atoms with Crippen molar-refractivity contribution in [1.82, 2.24) is 4.90 Å². The molecule has 9 heteroatoms. The van der Waals surface area contributed by atoms with E-state index < -0.39 is 24.5 Å². The van der Waals surface area contributed by atoms with Crippen molar-refractivity contribution in [1.29, 1.82) is 0 Å². The van der Waals surface area contributed by atoms with Crippen LogP contribution in [0.25, 0.3) is 0 Å². The van der Waals surface area contributed by atoms with Crippen molar-refractivity contribution < 1.29 is 38.9 Å². The van der Waals surface area contributed by atoms with Crippen LogP contribution in [0.5, 0.6) is 11.5 Å². The number of ketones is 2. The minimum Gasteiger partial charge on any atom is -0.490 e. The minimum absolute atomic E-state index is 0.0364. The first-order valence-corrected chi connectivity index (χ1v) is 11.9. The van der Waals surface area contributed by atoms with Crippen LogP contribution in [0.4, 0.5) is 0 Å². The molecule has 0 saturated heterocycles. The first-order chi connectivity index (χ1) is 16.8. The summed E-state index contributed by atoms with van der Waals surface area (Å²) in [5.41, 5.74) is 3.42. The number of allylic oxidation sites excluding steroid dienone is 4. The average Bonchev–Trinajstić information content (AvgIpc) is 2.81. The molecule has 1 aromatic rings. The fourth-order valence-corrected chi connectivity index (χ4v) is 5.26. The fourth-order valence-electron chi connectivity index (χ4n) is 5.26. The molecule has 0 unspecified atom stereocenters. The number of nitrogens with zero attached hydrogens (tertiary/aromatic N) is 1. The number of benzene rings is 1. The molecule has 0 amide bonds. The second kappa shape index (κ2) is 10.3. The van der Waals surface area contributed by atoms with E-state index in [1.807, 2.05) is 4.90 Å². The SMILES string of the molecule is CCOc1cc(C2C3=C(CCCC3=O)N(CCC(=O)O)C3=C2C(=O)CCC3)ccc1OCC(=O)O. The van der Waals surface area contributed by atoms with Gasteiger partial charge < -0.3 is 24.6 Å². The number of Topliss-reactive ketones (excluding diaryl/α,β-unsaturated/α-hetero) is 2. The summed E-state index contributed by atoms with van der Waals surface area (Å²) < 4.78 is 11.1. The Balaban J connectivity index is 1.85. The van der Waals surface area contributed by atoms with E-state index >= 15 is 0 Å². The van der Waals surface area contributed by atoms with Gasteiger partial charge in [-0.25, -0.2) is 4.79 Å². The molecule has 0 radical (unpaired) electrons. The zero-order valence-electron chi connectivity index (χ0n) is 19.7. The summed E-state index contributed by atoms with van der Waals surface area (Å²) in [5.74, 6) is -2.08. The Morgan fingerprint density at radius 2 is 1.54 bits per heavy atom. The summed E-state index contributed by atoms with van der Waals surface area (Å²) in [6.45, 7) is 1.81. The Morgan fingerprint density at radius 3 is 2.09 bits per heavy atom. The molecule has 3 aliphatic rings. The van der Waals surface area contributed by atoms with Gasteiger partial charge in [0.2, 0.25) is 0 Å². The molecule has 0 fully saturated rings. The van der Waals surface area contributed by atoms with Crippen LogP contribution in [0.3, 0.4) is 0 Å². The quantitative estimate of drug-likeness (QED) is 0.542. The summed E-state index contributed by atoms with van der Waals surface area (Å²) in [5, 5.41) is 18.3. The number of hydrogen-bond donors (Lipinski definition) is 2. The van der Waals surface area contributed by atoms with Gasteiger partial charge in [0.05, 0.1) is 13.0 Å². The number of aliphatic carboxylic acids is 2. The Morgan fingerprint density at radius 1 is 0.914 bits per heavy atom. The second-order valence-corrected chi connectivity index (χ2v) is 8.82. The van der Waals surface area contributed by atoms with Crippen LogP contribution in [0, 0.1) is 0 Å². The molecule has 2 N–H and O–H groups in total. The standard InChI is InChI=1S/C26H29NO8/c1-2-34-21-13-15(9-10-20(21)35-14-23(32)33)24-25-16(5-3-7-18(25)28)27(12-11-22(30)31)17-6-4-8-19(29)26(17)24/h9-10,13,24H,2-8,11-12,14H2,1H3,(H,30,31)(H,32,33). The molecular weight excluding hydrogens is 454 g/mol. The number of carbonyl (C=O) groups is 4. The zero-order chi connectivity index (χ0) is 25.1. The molecule has 1 aromatic carbocycles. The normalized spacial score (nSPS) is 18.4. The van der Waals surface area contributed by atoms with E-state index in [2.05, 4.69) is 0 Å². The molecule has 0 bridgehead atoms. The molecule has 0 spiro atoms. The smallest absolute Gasteiger partial charge is 0.341 e. The van der Waals surface area contributed by atoms with Crippen molar-refractivity contribution in [2.24, 2.45) is 0 Å². The Hall–Kier alpha value is -3.62. The highest BCUT2D eigenvalue weighted by Gasteiger charge is 2.43. The lowest BCUT2D eigenvalue weighted by Gasteiger charge is -2.44. The van der Waals surface area contributed by atoms with E-state index in [4.69, 9.17) is 14.6 Å². The van der Waals surface area contributed by atoms with Crippen LogP contribution in [0.15, 0.2) is 40.7 Å². The third kappa shape index (κ3) is 4.94. The minimum atomic E-state index is -1.12. The molecule has 0 aromatic heterocycles. The van der Waals surface area contributed by atoms with Gasteiger partial charge in [0.25, 0.3) is 0 Å². The first-order valence-electron chi connectivity index (χ1n) is 11.9. The first kappa shape index (κ1) is 24.5. The highest BCUT2D eigenvalue weighted by atomic mass is 16.5. The lowest BCUT2D eigenvalue weighted by Crippen LogP contribution is -2.39. The summed E-state index contributed by atoms with van der Waals surface area (Å²) in [4.78, 5) is 50.8. The van der Waals surface area contributed by atoms with Crippen LogP contribution < -0.4 is 9.47 Å². The molecule has 1 aliphatic heterocycles. The molecule has 0 saturated carbocycles. The maximum absolute atomic E-state index is 13.3. The summed E-state index contributed by atoms with van der Waals surface area (Å²) in [7, 11) is 0. The number of rotatable bonds is 9. The summed E-state index contributed by atoms with van der Waals surface area (Å²) in [6.07, 6.45) is 3.28. The Labute approximate surface area is 203 Å². The maximum Gasteiger partial charge on any atom is 0.341 e. The average molecular weight is 484 g/mol. The predicted molar refractivity (Wildman–Crippen MR) is 124 cm³/mol. The van der Waals surface area contributed by atoms with Gasteiger partial charge >= 0.3 is 11.9 Å². The highest BCUT2D eigenvalue weighted by molar-refractivity contribution is 6.06. The topological polar surface area (TPSA) is 130 Å². The van der Waals surface area contributed by atoms with Crippen molar-refractivity contribution in [3.63, 3.8) is 0 Å². The van der Waals surface area contributed by atoms with E-state index in [1.165, 1.54) is 0 Å². The van der Waals surface area contributed by atoms with Gasteiger partial charge in [0, 0.05) is 47.8 Å². The highest BCUT2D eigenvalue weighted by Crippen LogP contribution is 2.50. The van der Waals surface area contributed by atoms with Crippen LogP contribution in [0.1, 0.15) is 63.4 Å². The largest absolute Gasteiger partial charge is 0.490 e. The third-order valence-corrected chi connectivity index (χ3v) is 6.59. The fraction of sp³-hybridized carbons (Fsp3) is 0.462. The molecule has 35 heavy (non-hydrogen) atoms. The number of carbonyl (C=O) groups excluding carboxylic acids is 2. The molecule has 186 valence electrons. The lowest BCUT2D eigenvalue weighted by molar-refractivity contribution is -0.139. The van der Waals surface area contributed by atoms with Gasteiger partial charge in [0.15, 0.2) is 29.7 Å². The van der Waals surface area contributed by atoms with E-state index in [0.29, 0.717) is 67.6 Å². The van der Waals surface area contributed by atoms with Crippen molar-refractivity contribution in [3.8, 4) is 11.5 Å². The van der Waals surface area contributed by atoms with Crippen LogP contribution in [0.2, 0.25) is 0 Å². The maximum atomic E-state index is 13.3. The second-order valence-electron chi connectivity index (χ2n) is 8.82. The lowest BCUT2D eigenvalue weighted by atomic mass is 9.71. The van der Waals surface area contributed by atoms with Gasteiger partial charge in [0.1, 0.15) is 0 Å². The van der Waals surface area contributed by atoms with Gasteiger partial charge in [-0.2, -0.15) is 0 Å². The zero-order valence-corrected chi connectivity index (χ0v) is 19.7. The number of carboxylic acid groups (broad SMARTS) is 2. The van der Waals surface area contributed by atoms with Crippen molar-refractivity contribution >= 4 is 23.5 Å². The molecule has 9 nitrogen and oxygen atoms in total. The van der Waals surface area contributed by atoms with Gasteiger partial charge in [-0.3, -0.25) is 14.4 Å². The number of carboxylic acids is 2. The number of ether oxygens (including phenoxy) is 2. The van der Waals surface area contributed by atoms with Crippen LogP contribution >= 0.6 is 0 Å². The van der Waals surface area contributed by atoms with E-state index in [0.717, 1.165) is 11.4 Å². The Kier molecular flexibility index (Phi) is 7.23. The van der Waals surface area contributed by atoms with Gasteiger partial charge in [-0.1, -0.05) is 6.07 Å². The molecule has 0 atom stereocenters. The predicted octanol–water partition coefficient (Wildman–Crippen LogP) is 3.44. The summed E-state index contributed by atoms with van der Waals surface area (Å²) in [6, 6.07) is 5.08. The van der Waals surface area contributed by atoms with Crippen molar-refractivity contribution in [2.45, 2.75) is 57.8 Å². The Bertz CT molecular complexity index is 1090. The molecule has 1 heterocycles. The van der Waals surface area contributed by atoms with E-state index in [1.54, 1.807) is 25.1 Å². The molecular formula is C26H29NO8. The van der Waals surface area contributed by atoms with Crippen molar-refractivity contribution in [3.05, 3.63) is 46.3 Å².